The van der Waals surface area contributed by atoms with E-state index in [4.69, 9.17) is 15.3 Å². The Morgan fingerprint density at radius 1 is 0.826 bits per heavy atom. The van der Waals surface area contributed by atoms with Crippen molar-refractivity contribution in [2.45, 2.75) is 18.4 Å². The molecule has 0 aromatic carbocycles. The molecule has 0 spiro atoms. The van der Waals surface area contributed by atoms with E-state index in [1.807, 2.05) is 0 Å². The van der Waals surface area contributed by atoms with Crippen LogP contribution in [0.5, 0.6) is 0 Å². The summed E-state index contributed by atoms with van der Waals surface area (Å²) in [5.74, 6) is -5.98. The molecule has 0 aliphatic carbocycles. The number of aliphatic hydroxyl groups is 3. The second kappa shape index (κ2) is 23.2. The quantitative estimate of drug-likeness (QED) is 0.242. The summed E-state index contributed by atoms with van der Waals surface area (Å²) < 4.78 is 4.63. The first-order valence-electron chi connectivity index (χ1n) is 5.32. The van der Waals surface area contributed by atoms with E-state index in [9.17, 15) is 29.7 Å². The number of aliphatic carboxylic acids is 3. The standard InChI is InChI=1S/C6H8O7.C4H10O3.3K/c7-3(8)1-6(13,5(11)12)2-4(9)10;5-1-3-7-4-2-6;;;/h13H,1-2H2,(H,7,8)(H,9,10)(H,11,12);5-6H,1-4H2;;;/q;;3*+1/p-3. The fraction of sp³-hybridized carbons (Fsp3) is 0.700. The normalized spacial score (nSPS) is 9.00. The van der Waals surface area contributed by atoms with Gasteiger partial charge in [0.2, 0.25) is 0 Å². The first-order chi connectivity index (χ1) is 9.19. The van der Waals surface area contributed by atoms with Gasteiger partial charge < -0.3 is 49.8 Å². The van der Waals surface area contributed by atoms with Crippen molar-refractivity contribution in [3.63, 3.8) is 0 Å². The van der Waals surface area contributed by atoms with Gasteiger partial charge in [0.1, 0.15) is 5.60 Å². The topological polar surface area (TPSA) is 190 Å². The molecule has 0 aliphatic heterocycles. The zero-order valence-electron chi connectivity index (χ0n) is 13.4. The molecule has 0 atom stereocenters. The van der Waals surface area contributed by atoms with E-state index in [2.05, 4.69) is 4.74 Å². The van der Waals surface area contributed by atoms with E-state index >= 15 is 0 Å². The molecule has 0 rings (SSSR count). The van der Waals surface area contributed by atoms with Gasteiger partial charge in [-0.2, -0.15) is 0 Å². The van der Waals surface area contributed by atoms with Gasteiger partial charge in [0.15, 0.2) is 0 Å². The van der Waals surface area contributed by atoms with E-state index < -0.39 is 36.4 Å². The molecule has 0 aromatic rings. The minimum Gasteiger partial charge on any atom is -0.550 e. The molecule has 23 heavy (non-hydrogen) atoms. The molecule has 0 fully saturated rings. The maximum Gasteiger partial charge on any atom is 1.00 e. The maximum atomic E-state index is 10.1. The van der Waals surface area contributed by atoms with Crippen molar-refractivity contribution in [1.29, 1.82) is 0 Å². The maximum absolute atomic E-state index is 10.1. The first kappa shape index (κ1) is 37.0. The third-order valence-electron chi connectivity index (χ3n) is 1.72. The van der Waals surface area contributed by atoms with Gasteiger partial charge in [-0.05, 0) is 0 Å². The van der Waals surface area contributed by atoms with E-state index in [0.29, 0.717) is 13.2 Å². The van der Waals surface area contributed by atoms with Gasteiger partial charge in [0.25, 0.3) is 0 Å². The number of rotatable bonds is 9. The molecule has 3 N–H and O–H groups in total. The summed E-state index contributed by atoms with van der Waals surface area (Å²) >= 11 is 0. The summed E-state index contributed by atoms with van der Waals surface area (Å²) in [5, 5.41) is 55.1. The molecule has 0 aliphatic rings. The van der Waals surface area contributed by atoms with E-state index in [1.165, 1.54) is 0 Å². The number of carboxylic acid groups (broad SMARTS) is 3. The molecule has 10 nitrogen and oxygen atoms in total. The summed E-state index contributed by atoms with van der Waals surface area (Å²) in [5.41, 5.74) is -2.97. The minimum atomic E-state index is -2.97. The first-order valence-corrected chi connectivity index (χ1v) is 5.32. The average molecular weight is 413 g/mol. The molecular formula is C10H15K3O10. The molecule has 0 saturated carbocycles. The van der Waals surface area contributed by atoms with Crippen LogP contribution in [0.3, 0.4) is 0 Å². The third-order valence-corrected chi connectivity index (χ3v) is 1.72. The number of carbonyl (C=O) groups excluding carboxylic acids is 3. The Morgan fingerprint density at radius 2 is 1.13 bits per heavy atom. The molecule has 0 heterocycles. The fourth-order valence-corrected chi connectivity index (χ4v) is 0.916. The van der Waals surface area contributed by atoms with Crippen molar-refractivity contribution in [2.24, 2.45) is 0 Å². The fourth-order valence-electron chi connectivity index (χ4n) is 0.916. The predicted molar refractivity (Wildman–Crippen MR) is 54.2 cm³/mol. The zero-order valence-corrected chi connectivity index (χ0v) is 22.8. The van der Waals surface area contributed by atoms with Crippen molar-refractivity contribution in [1.82, 2.24) is 0 Å². The van der Waals surface area contributed by atoms with Crippen molar-refractivity contribution in [3.8, 4) is 0 Å². The summed E-state index contributed by atoms with van der Waals surface area (Å²) in [6.45, 7) is 0.696. The summed E-state index contributed by atoms with van der Waals surface area (Å²) in [7, 11) is 0. The largest absolute Gasteiger partial charge is 1.00 e. The summed E-state index contributed by atoms with van der Waals surface area (Å²) in [6.07, 6.45) is -2.72. The average Bonchev–Trinajstić information content (AvgIpc) is 2.28. The zero-order chi connectivity index (χ0) is 16.2. The molecule has 0 unspecified atom stereocenters. The Morgan fingerprint density at radius 3 is 1.30 bits per heavy atom. The van der Waals surface area contributed by atoms with Crippen LogP contribution in [0, 0.1) is 0 Å². The summed E-state index contributed by atoms with van der Waals surface area (Å²) in [4.78, 5) is 30.0. The number of aliphatic hydroxyl groups excluding tert-OH is 2. The molecule has 13 heteroatoms. The van der Waals surface area contributed by atoms with E-state index in [-0.39, 0.29) is 167 Å². The van der Waals surface area contributed by atoms with Crippen LogP contribution in [-0.2, 0) is 19.1 Å². The number of hydrogen-bond donors (Lipinski definition) is 3. The van der Waals surface area contributed by atoms with Crippen LogP contribution in [-0.4, -0.2) is 65.3 Å². The van der Waals surface area contributed by atoms with Crippen LogP contribution in [0.4, 0.5) is 0 Å². The Balaban J connectivity index is -0.0000000945. The van der Waals surface area contributed by atoms with Crippen LogP contribution in [0.1, 0.15) is 12.8 Å². The van der Waals surface area contributed by atoms with Gasteiger partial charge in [0, 0.05) is 24.8 Å². The number of carbonyl (C=O) groups is 3. The van der Waals surface area contributed by atoms with Crippen molar-refractivity contribution in [3.05, 3.63) is 0 Å². The second-order valence-electron chi connectivity index (χ2n) is 3.48. The number of ether oxygens (including phenoxy) is 1. The van der Waals surface area contributed by atoms with Crippen LogP contribution in [0.15, 0.2) is 0 Å². The Kier molecular flexibility index (Phi) is 37.3. The van der Waals surface area contributed by atoms with Crippen molar-refractivity contribution in [2.75, 3.05) is 26.4 Å². The van der Waals surface area contributed by atoms with Gasteiger partial charge in [-0.3, -0.25) is 0 Å². The number of hydrogen-bond acceptors (Lipinski definition) is 10. The molecule has 0 saturated heterocycles. The van der Waals surface area contributed by atoms with E-state index in [0.717, 1.165) is 0 Å². The van der Waals surface area contributed by atoms with Gasteiger partial charge in [-0.25, -0.2) is 0 Å². The van der Waals surface area contributed by atoms with Gasteiger partial charge in [0.05, 0.1) is 32.4 Å². The van der Waals surface area contributed by atoms with Crippen LogP contribution >= 0.6 is 0 Å². The van der Waals surface area contributed by atoms with Crippen LogP contribution < -0.4 is 169 Å². The summed E-state index contributed by atoms with van der Waals surface area (Å²) in [6, 6.07) is 0. The van der Waals surface area contributed by atoms with Crippen LogP contribution in [0.2, 0.25) is 0 Å². The monoisotopic (exact) mass is 412 g/mol. The molecule has 0 amide bonds. The van der Waals surface area contributed by atoms with Gasteiger partial charge in [-0.1, -0.05) is 0 Å². The predicted octanol–water partition coefficient (Wildman–Crippen LogP) is -15.3. The van der Waals surface area contributed by atoms with E-state index in [1.54, 1.807) is 0 Å². The molecule has 0 aromatic heterocycles. The van der Waals surface area contributed by atoms with Crippen molar-refractivity contribution >= 4 is 17.9 Å². The molecule has 118 valence electrons. The smallest absolute Gasteiger partial charge is 0.550 e. The second-order valence-corrected chi connectivity index (χ2v) is 3.48. The molecule has 0 radical (unpaired) electrons. The Labute approximate surface area is 260 Å². The number of carboxylic acids is 3. The van der Waals surface area contributed by atoms with Gasteiger partial charge in [-0.15, -0.1) is 0 Å². The van der Waals surface area contributed by atoms with Gasteiger partial charge >= 0.3 is 154 Å². The molecule has 0 bridgehead atoms. The van der Waals surface area contributed by atoms with Crippen LogP contribution in [0.25, 0.3) is 0 Å². The van der Waals surface area contributed by atoms with Crippen molar-refractivity contribution < 1.29 is 204 Å². The molecular weight excluding hydrogens is 397 g/mol. The minimum absolute atomic E-state index is 0. The third kappa shape index (κ3) is 25.2. The SMILES string of the molecule is O=C([O-])CC(O)(CC(=O)[O-])C(=O)[O-].OCCOCCO.[K+].[K+].[K+]. The Hall–Kier alpha value is 3.16. The Bertz CT molecular complexity index is 306.